The largest absolute Gasteiger partial charge is 0.304 e. The number of hydrogen-bond donors (Lipinski definition) is 0. The van der Waals surface area contributed by atoms with Crippen LogP contribution in [0.5, 0.6) is 0 Å². The summed E-state index contributed by atoms with van der Waals surface area (Å²) < 4.78 is 2.09. The molecule has 3 heterocycles. The first-order chi connectivity index (χ1) is 7.34. The number of aryl methyl sites for hydroxylation is 1. The van der Waals surface area contributed by atoms with Gasteiger partial charge in [0.1, 0.15) is 0 Å². The average molecular weight is 214 g/mol. The molecule has 15 heavy (non-hydrogen) atoms. The van der Waals surface area contributed by atoms with Gasteiger partial charge in [-0.05, 0) is 47.0 Å². The Balaban J connectivity index is 2.29. The summed E-state index contributed by atoms with van der Waals surface area (Å²) >= 11 is 1.73. The SMILES string of the molecule is Cc1cc(-c2ccsc2)cc2cncn12. The van der Waals surface area contributed by atoms with Gasteiger partial charge in [0.25, 0.3) is 0 Å². The third-order valence-electron chi connectivity index (χ3n) is 2.57. The Morgan fingerprint density at radius 2 is 2.20 bits per heavy atom. The molecule has 0 aliphatic carbocycles. The molecule has 3 heteroatoms. The van der Waals surface area contributed by atoms with Crippen LogP contribution in [0, 0.1) is 6.92 Å². The Labute approximate surface area is 91.8 Å². The van der Waals surface area contributed by atoms with Crippen LogP contribution in [-0.4, -0.2) is 9.38 Å². The minimum absolute atomic E-state index is 1.15. The van der Waals surface area contributed by atoms with Gasteiger partial charge < -0.3 is 4.40 Å². The molecule has 3 rings (SSSR count). The maximum Gasteiger partial charge on any atom is 0.0994 e. The van der Waals surface area contributed by atoms with E-state index in [2.05, 4.69) is 45.3 Å². The lowest BCUT2D eigenvalue weighted by Gasteiger charge is -2.03. The molecule has 0 spiro atoms. The smallest absolute Gasteiger partial charge is 0.0994 e. The summed E-state index contributed by atoms with van der Waals surface area (Å²) in [6, 6.07) is 6.51. The van der Waals surface area contributed by atoms with Crippen molar-refractivity contribution in [2.24, 2.45) is 0 Å². The summed E-state index contributed by atoms with van der Waals surface area (Å²) in [4.78, 5) is 4.15. The zero-order valence-electron chi connectivity index (χ0n) is 8.34. The molecule has 0 unspecified atom stereocenters. The Bertz CT molecular complexity index is 593. The highest BCUT2D eigenvalue weighted by atomic mass is 32.1. The molecule has 0 bridgehead atoms. The molecule has 0 aliphatic heterocycles. The van der Waals surface area contributed by atoms with Gasteiger partial charge in [-0.25, -0.2) is 4.98 Å². The number of aromatic nitrogens is 2. The number of thiophene rings is 1. The Morgan fingerprint density at radius 3 is 3.00 bits per heavy atom. The maximum absolute atomic E-state index is 4.15. The van der Waals surface area contributed by atoms with Gasteiger partial charge in [-0.2, -0.15) is 11.3 Å². The van der Waals surface area contributed by atoms with Crippen molar-refractivity contribution in [2.75, 3.05) is 0 Å². The van der Waals surface area contributed by atoms with Crippen LogP contribution in [-0.2, 0) is 0 Å². The zero-order valence-corrected chi connectivity index (χ0v) is 9.16. The molecular formula is C12H10N2S. The Morgan fingerprint density at radius 1 is 1.27 bits per heavy atom. The molecular weight excluding hydrogens is 204 g/mol. The molecule has 0 fully saturated rings. The fourth-order valence-electron chi connectivity index (χ4n) is 1.80. The first-order valence-electron chi connectivity index (χ1n) is 4.80. The van der Waals surface area contributed by atoms with Gasteiger partial charge in [0.15, 0.2) is 0 Å². The van der Waals surface area contributed by atoms with E-state index >= 15 is 0 Å². The lowest BCUT2D eigenvalue weighted by Crippen LogP contribution is -1.89. The van der Waals surface area contributed by atoms with Crippen molar-refractivity contribution in [3.05, 3.63) is 47.2 Å². The molecule has 0 atom stereocenters. The molecule has 3 aromatic heterocycles. The quantitative estimate of drug-likeness (QED) is 0.607. The van der Waals surface area contributed by atoms with E-state index in [0.29, 0.717) is 0 Å². The first kappa shape index (κ1) is 8.68. The molecule has 2 nitrogen and oxygen atoms in total. The average Bonchev–Trinajstić information content (AvgIpc) is 2.88. The van der Waals surface area contributed by atoms with Crippen LogP contribution < -0.4 is 0 Å². The summed E-state index contributed by atoms with van der Waals surface area (Å²) in [5, 5.41) is 4.27. The van der Waals surface area contributed by atoms with Crippen molar-refractivity contribution in [1.29, 1.82) is 0 Å². The number of fused-ring (bicyclic) bond motifs is 1. The Hall–Kier alpha value is -1.61. The van der Waals surface area contributed by atoms with Crippen LogP contribution in [0.25, 0.3) is 16.6 Å². The van der Waals surface area contributed by atoms with Crippen LogP contribution in [0.4, 0.5) is 0 Å². The van der Waals surface area contributed by atoms with Gasteiger partial charge in [0.2, 0.25) is 0 Å². The van der Waals surface area contributed by atoms with Crippen molar-refractivity contribution < 1.29 is 0 Å². The monoisotopic (exact) mass is 214 g/mol. The number of imidazole rings is 1. The number of nitrogens with zero attached hydrogens (tertiary/aromatic N) is 2. The van der Waals surface area contributed by atoms with E-state index in [-0.39, 0.29) is 0 Å². The molecule has 0 radical (unpaired) electrons. The molecule has 0 amide bonds. The summed E-state index contributed by atoms with van der Waals surface area (Å²) in [5.74, 6) is 0. The molecule has 74 valence electrons. The third-order valence-corrected chi connectivity index (χ3v) is 3.25. The zero-order chi connectivity index (χ0) is 10.3. The van der Waals surface area contributed by atoms with Gasteiger partial charge in [0, 0.05) is 5.69 Å². The normalized spacial score (nSPS) is 11.0. The van der Waals surface area contributed by atoms with E-state index in [0.717, 1.165) is 5.52 Å². The second kappa shape index (κ2) is 3.21. The van der Waals surface area contributed by atoms with Crippen LogP contribution in [0.1, 0.15) is 5.69 Å². The molecule has 0 saturated carbocycles. The second-order valence-electron chi connectivity index (χ2n) is 3.59. The molecule has 0 saturated heterocycles. The molecule has 0 aliphatic rings. The number of pyridine rings is 1. The van der Waals surface area contributed by atoms with Crippen molar-refractivity contribution >= 4 is 16.9 Å². The Kier molecular flexibility index (Phi) is 1.86. The lowest BCUT2D eigenvalue weighted by atomic mass is 10.1. The lowest BCUT2D eigenvalue weighted by molar-refractivity contribution is 1.08. The molecule has 3 aromatic rings. The first-order valence-corrected chi connectivity index (χ1v) is 5.74. The van der Waals surface area contributed by atoms with Gasteiger partial charge in [0.05, 0.1) is 18.0 Å². The van der Waals surface area contributed by atoms with Gasteiger partial charge in [-0.1, -0.05) is 0 Å². The van der Waals surface area contributed by atoms with E-state index in [4.69, 9.17) is 0 Å². The highest BCUT2D eigenvalue weighted by molar-refractivity contribution is 7.08. The van der Waals surface area contributed by atoms with Gasteiger partial charge >= 0.3 is 0 Å². The fourth-order valence-corrected chi connectivity index (χ4v) is 2.46. The summed E-state index contributed by atoms with van der Waals surface area (Å²) in [7, 11) is 0. The van der Waals surface area contributed by atoms with Crippen LogP contribution >= 0.6 is 11.3 Å². The van der Waals surface area contributed by atoms with E-state index in [1.165, 1.54) is 16.8 Å². The minimum Gasteiger partial charge on any atom is -0.304 e. The van der Waals surface area contributed by atoms with Crippen molar-refractivity contribution in [2.45, 2.75) is 6.92 Å². The summed E-state index contributed by atoms with van der Waals surface area (Å²) in [6.07, 6.45) is 3.74. The predicted molar refractivity (Wildman–Crippen MR) is 63.2 cm³/mol. The molecule has 0 N–H and O–H groups in total. The third kappa shape index (κ3) is 1.36. The topological polar surface area (TPSA) is 17.3 Å². The number of hydrogen-bond acceptors (Lipinski definition) is 2. The predicted octanol–water partition coefficient (Wildman–Crippen LogP) is 3.37. The highest BCUT2D eigenvalue weighted by Gasteiger charge is 2.02. The summed E-state index contributed by atoms with van der Waals surface area (Å²) in [6.45, 7) is 2.10. The standard InChI is InChI=1S/C12H10N2S/c1-9-4-11(10-2-3-15-7-10)5-12-6-13-8-14(9)12/h2-8H,1H3. The minimum atomic E-state index is 1.15. The van der Waals surface area contributed by atoms with Crippen LogP contribution in [0.15, 0.2) is 41.5 Å². The van der Waals surface area contributed by atoms with Crippen molar-refractivity contribution in [3.8, 4) is 11.1 Å². The second-order valence-corrected chi connectivity index (χ2v) is 4.37. The van der Waals surface area contributed by atoms with Crippen molar-refractivity contribution in [1.82, 2.24) is 9.38 Å². The van der Waals surface area contributed by atoms with E-state index in [1.807, 2.05) is 12.5 Å². The van der Waals surface area contributed by atoms with Crippen molar-refractivity contribution in [3.63, 3.8) is 0 Å². The number of rotatable bonds is 1. The van der Waals surface area contributed by atoms with Crippen LogP contribution in [0.2, 0.25) is 0 Å². The van der Waals surface area contributed by atoms with E-state index in [9.17, 15) is 0 Å². The fraction of sp³-hybridized carbons (Fsp3) is 0.0833. The summed E-state index contributed by atoms with van der Waals surface area (Å²) in [5.41, 5.74) is 4.91. The highest BCUT2D eigenvalue weighted by Crippen LogP contribution is 2.24. The van der Waals surface area contributed by atoms with Gasteiger partial charge in [-0.15, -0.1) is 0 Å². The van der Waals surface area contributed by atoms with E-state index in [1.54, 1.807) is 11.3 Å². The molecule has 0 aromatic carbocycles. The van der Waals surface area contributed by atoms with Gasteiger partial charge in [-0.3, -0.25) is 0 Å². The maximum atomic E-state index is 4.15. The van der Waals surface area contributed by atoms with E-state index < -0.39 is 0 Å². The van der Waals surface area contributed by atoms with Crippen LogP contribution in [0.3, 0.4) is 0 Å².